The monoisotopic (exact) mass is 320 g/mol. The molecule has 2 N–H and O–H groups in total. The van der Waals surface area contributed by atoms with E-state index in [-0.39, 0.29) is 6.42 Å². The molecule has 0 spiro atoms. The van der Waals surface area contributed by atoms with Crippen LogP contribution in [-0.4, -0.2) is 11.8 Å². The Bertz CT molecular complexity index is 719. The highest BCUT2D eigenvalue weighted by molar-refractivity contribution is 6.31. The molecule has 0 aliphatic rings. The van der Waals surface area contributed by atoms with E-state index in [1.807, 2.05) is 6.92 Å². The van der Waals surface area contributed by atoms with E-state index in [1.54, 1.807) is 24.3 Å². The molecule has 0 aromatic heterocycles. The Morgan fingerprint density at radius 3 is 2.27 bits per heavy atom. The van der Waals surface area contributed by atoms with Crippen molar-refractivity contribution in [3.05, 3.63) is 58.9 Å². The Balaban J connectivity index is 1.91. The fraction of sp³-hybridized carbons (Fsp3) is 0.125. The topological polar surface area (TPSA) is 58.2 Å². The lowest BCUT2D eigenvalue weighted by Gasteiger charge is -2.08. The van der Waals surface area contributed by atoms with Crippen molar-refractivity contribution in [2.24, 2.45) is 0 Å². The zero-order valence-corrected chi connectivity index (χ0v) is 12.6. The predicted molar refractivity (Wildman–Crippen MR) is 84.5 cm³/mol. The maximum absolute atomic E-state index is 13.0. The van der Waals surface area contributed by atoms with Gasteiger partial charge in [-0.3, -0.25) is 9.59 Å². The van der Waals surface area contributed by atoms with Gasteiger partial charge in [-0.2, -0.15) is 0 Å². The van der Waals surface area contributed by atoms with Crippen molar-refractivity contribution in [1.29, 1.82) is 0 Å². The Labute approximate surface area is 132 Å². The second-order valence-corrected chi connectivity index (χ2v) is 5.15. The Hall–Kier alpha value is -2.40. The van der Waals surface area contributed by atoms with E-state index >= 15 is 0 Å². The molecule has 0 saturated heterocycles. The third kappa shape index (κ3) is 4.56. The summed E-state index contributed by atoms with van der Waals surface area (Å²) >= 11 is 5.96. The second-order valence-electron chi connectivity index (χ2n) is 4.75. The Morgan fingerprint density at radius 2 is 1.68 bits per heavy atom. The molecule has 2 aromatic carbocycles. The van der Waals surface area contributed by atoms with Crippen molar-refractivity contribution in [2.45, 2.75) is 13.3 Å². The first kappa shape index (κ1) is 16.0. The number of halogens is 2. The van der Waals surface area contributed by atoms with Gasteiger partial charge < -0.3 is 10.6 Å². The Morgan fingerprint density at radius 1 is 1.05 bits per heavy atom. The molecule has 0 aliphatic heterocycles. The van der Waals surface area contributed by atoms with E-state index in [0.29, 0.717) is 16.4 Å². The van der Waals surface area contributed by atoms with E-state index < -0.39 is 17.6 Å². The first-order valence-corrected chi connectivity index (χ1v) is 6.93. The highest BCUT2D eigenvalue weighted by atomic mass is 35.5. The molecule has 0 fully saturated rings. The van der Waals surface area contributed by atoms with Crippen LogP contribution in [0.1, 0.15) is 12.0 Å². The average molecular weight is 321 g/mol. The van der Waals surface area contributed by atoms with Gasteiger partial charge in [0.15, 0.2) is 0 Å². The van der Waals surface area contributed by atoms with Crippen LogP contribution in [0.15, 0.2) is 42.5 Å². The molecule has 0 radical (unpaired) electrons. The van der Waals surface area contributed by atoms with Gasteiger partial charge in [-0.1, -0.05) is 23.7 Å². The third-order valence-corrected chi connectivity index (χ3v) is 3.29. The number of hydrogen-bond acceptors (Lipinski definition) is 2. The molecular formula is C16H14ClFN2O2. The van der Waals surface area contributed by atoms with Crippen LogP contribution in [0.5, 0.6) is 0 Å². The van der Waals surface area contributed by atoms with E-state index in [2.05, 4.69) is 10.6 Å². The van der Waals surface area contributed by atoms with Gasteiger partial charge in [0.2, 0.25) is 11.8 Å². The number of carbonyl (C=O) groups is 2. The van der Waals surface area contributed by atoms with E-state index in [9.17, 15) is 14.0 Å². The summed E-state index contributed by atoms with van der Waals surface area (Å²) in [6.45, 7) is 1.85. The SMILES string of the molecule is Cc1ccc(NC(=O)CC(=O)Nc2cccc(F)c2)cc1Cl. The molecule has 0 bridgehead atoms. The fourth-order valence-corrected chi connectivity index (χ4v) is 1.97. The summed E-state index contributed by atoms with van der Waals surface area (Å²) in [5, 5.41) is 5.56. The molecule has 0 heterocycles. The molecule has 22 heavy (non-hydrogen) atoms. The lowest BCUT2D eigenvalue weighted by molar-refractivity contribution is -0.123. The van der Waals surface area contributed by atoms with E-state index in [1.165, 1.54) is 18.2 Å². The normalized spacial score (nSPS) is 10.1. The number of hydrogen-bond donors (Lipinski definition) is 2. The fourth-order valence-electron chi connectivity index (χ4n) is 1.79. The molecule has 114 valence electrons. The van der Waals surface area contributed by atoms with Crippen LogP contribution in [0.3, 0.4) is 0 Å². The minimum absolute atomic E-state index is 0.302. The molecule has 2 aromatic rings. The number of carbonyl (C=O) groups excluding carboxylic acids is 2. The predicted octanol–water partition coefficient (Wildman–Crippen LogP) is 3.75. The second kappa shape index (κ2) is 7.04. The Kier molecular flexibility index (Phi) is 5.12. The van der Waals surface area contributed by atoms with E-state index in [4.69, 9.17) is 11.6 Å². The van der Waals surface area contributed by atoms with Crippen LogP contribution in [0.2, 0.25) is 5.02 Å². The van der Waals surface area contributed by atoms with Crippen LogP contribution in [0, 0.1) is 12.7 Å². The summed E-state index contributed by atoms with van der Waals surface area (Å²) in [5.41, 5.74) is 1.71. The smallest absolute Gasteiger partial charge is 0.233 e. The van der Waals surface area contributed by atoms with E-state index in [0.717, 1.165) is 5.56 Å². The van der Waals surface area contributed by atoms with Crippen LogP contribution >= 0.6 is 11.6 Å². The van der Waals surface area contributed by atoms with Crippen molar-refractivity contribution in [3.8, 4) is 0 Å². The van der Waals surface area contributed by atoms with Gasteiger partial charge in [-0.05, 0) is 42.8 Å². The molecule has 2 amide bonds. The number of rotatable bonds is 4. The quantitative estimate of drug-likeness (QED) is 0.843. The van der Waals surface area contributed by atoms with Gasteiger partial charge in [0.25, 0.3) is 0 Å². The highest BCUT2D eigenvalue weighted by Gasteiger charge is 2.11. The maximum Gasteiger partial charge on any atom is 0.233 e. The van der Waals surface area contributed by atoms with Gasteiger partial charge in [0.1, 0.15) is 12.2 Å². The zero-order valence-electron chi connectivity index (χ0n) is 11.8. The molecule has 0 unspecified atom stereocenters. The molecular weight excluding hydrogens is 307 g/mol. The first-order chi connectivity index (χ1) is 10.4. The van der Waals surface area contributed by atoms with Crippen molar-refractivity contribution in [2.75, 3.05) is 10.6 Å². The van der Waals surface area contributed by atoms with Crippen LogP contribution in [0.25, 0.3) is 0 Å². The van der Waals surface area contributed by atoms with Crippen molar-refractivity contribution < 1.29 is 14.0 Å². The summed E-state index contributed by atoms with van der Waals surface area (Å²) < 4.78 is 13.0. The number of benzene rings is 2. The summed E-state index contributed by atoms with van der Waals surface area (Å²) in [4.78, 5) is 23.5. The molecule has 0 aliphatic carbocycles. The summed E-state index contributed by atoms with van der Waals surface area (Å²) in [5.74, 6) is -1.47. The maximum atomic E-state index is 13.0. The zero-order chi connectivity index (χ0) is 16.1. The molecule has 2 rings (SSSR count). The lowest BCUT2D eigenvalue weighted by atomic mass is 10.2. The molecule has 4 nitrogen and oxygen atoms in total. The summed E-state index contributed by atoms with van der Waals surface area (Å²) in [6, 6.07) is 10.5. The van der Waals surface area contributed by atoms with Gasteiger partial charge in [0.05, 0.1) is 0 Å². The van der Waals surface area contributed by atoms with Gasteiger partial charge in [0, 0.05) is 16.4 Å². The average Bonchev–Trinajstić information content (AvgIpc) is 2.42. The molecule has 0 atom stereocenters. The van der Waals surface area contributed by atoms with Gasteiger partial charge in [-0.25, -0.2) is 4.39 Å². The molecule has 6 heteroatoms. The summed E-state index contributed by atoms with van der Waals surface area (Å²) in [6.07, 6.45) is -0.373. The van der Waals surface area contributed by atoms with Gasteiger partial charge >= 0.3 is 0 Å². The first-order valence-electron chi connectivity index (χ1n) is 6.55. The summed E-state index contributed by atoms with van der Waals surface area (Å²) in [7, 11) is 0. The van der Waals surface area contributed by atoms with Crippen LogP contribution in [-0.2, 0) is 9.59 Å². The number of aryl methyl sites for hydroxylation is 1. The standard InChI is InChI=1S/C16H14ClFN2O2/c1-10-5-6-13(8-14(10)17)20-16(22)9-15(21)19-12-4-2-3-11(18)7-12/h2-8H,9H2,1H3,(H,19,21)(H,20,22). The number of amides is 2. The largest absolute Gasteiger partial charge is 0.326 e. The minimum atomic E-state index is -0.527. The van der Waals surface area contributed by atoms with Gasteiger partial charge in [-0.15, -0.1) is 0 Å². The number of nitrogens with one attached hydrogen (secondary N) is 2. The molecule has 0 saturated carbocycles. The van der Waals surface area contributed by atoms with Crippen molar-refractivity contribution in [3.63, 3.8) is 0 Å². The van der Waals surface area contributed by atoms with Crippen molar-refractivity contribution >= 4 is 34.8 Å². The van der Waals surface area contributed by atoms with Crippen molar-refractivity contribution in [1.82, 2.24) is 0 Å². The van der Waals surface area contributed by atoms with Crippen LogP contribution in [0.4, 0.5) is 15.8 Å². The lowest BCUT2D eigenvalue weighted by Crippen LogP contribution is -2.21. The third-order valence-electron chi connectivity index (χ3n) is 2.89. The van der Waals surface area contributed by atoms with Crippen LogP contribution < -0.4 is 10.6 Å². The number of anilines is 2. The minimum Gasteiger partial charge on any atom is -0.326 e. The highest BCUT2D eigenvalue weighted by Crippen LogP contribution is 2.20.